The van der Waals surface area contributed by atoms with Gasteiger partial charge in [0, 0.05) is 49.6 Å². The summed E-state index contributed by atoms with van der Waals surface area (Å²) in [6.45, 7) is 5.60. The summed E-state index contributed by atoms with van der Waals surface area (Å²) in [6, 6.07) is 3.61. The molecule has 0 atom stereocenters. The van der Waals surface area contributed by atoms with Crippen LogP contribution in [0.5, 0.6) is 0 Å². The molecule has 106 valence electrons. The molecule has 0 radical (unpaired) electrons. The zero-order valence-corrected chi connectivity index (χ0v) is 11.8. The molecule has 1 aromatic heterocycles. The fourth-order valence-electron chi connectivity index (χ4n) is 3.69. The van der Waals surface area contributed by atoms with Gasteiger partial charge in [-0.25, -0.2) is 0 Å². The molecule has 1 amide bonds. The van der Waals surface area contributed by atoms with E-state index < -0.39 is 0 Å². The van der Waals surface area contributed by atoms with Gasteiger partial charge in [-0.2, -0.15) is 0 Å². The predicted octanol–water partition coefficient (Wildman–Crippen LogP) is 1.64. The highest BCUT2D eigenvalue weighted by Crippen LogP contribution is 2.41. The van der Waals surface area contributed by atoms with Gasteiger partial charge in [-0.1, -0.05) is 0 Å². The number of hydrogen-bond acceptors (Lipinski definition) is 3. The molecule has 0 bridgehead atoms. The summed E-state index contributed by atoms with van der Waals surface area (Å²) in [5, 5.41) is 0. The van der Waals surface area contributed by atoms with Crippen molar-refractivity contribution in [3.8, 4) is 0 Å². The zero-order valence-electron chi connectivity index (χ0n) is 11.8. The van der Waals surface area contributed by atoms with E-state index in [9.17, 15) is 4.79 Å². The molecule has 1 spiro atoms. The molecule has 4 heteroatoms. The van der Waals surface area contributed by atoms with Crippen molar-refractivity contribution in [1.29, 1.82) is 0 Å². The molecule has 3 heterocycles. The van der Waals surface area contributed by atoms with Crippen molar-refractivity contribution in [3.63, 3.8) is 0 Å². The van der Waals surface area contributed by atoms with Crippen molar-refractivity contribution in [2.45, 2.75) is 19.3 Å². The second kappa shape index (κ2) is 4.55. The molecule has 2 aliphatic heterocycles. The fourth-order valence-corrected chi connectivity index (χ4v) is 3.69. The second-order valence-corrected chi connectivity index (χ2v) is 6.83. The number of rotatable bonds is 3. The van der Waals surface area contributed by atoms with Crippen LogP contribution in [0.25, 0.3) is 0 Å². The second-order valence-electron chi connectivity index (χ2n) is 6.83. The number of hydrogen-bond donors (Lipinski definition) is 0. The van der Waals surface area contributed by atoms with Gasteiger partial charge in [0.15, 0.2) is 0 Å². The Hall–Kier alpha value is -1.42. The maximum atomic E-state index is 12.3. The quantitative estimate of drug-likeness (QED) is 0.838. The van der Waals surface area contributed by atoms with Crippen molar-refractivity contribution < 1.29 is 4.79 Å². The van der Waals surface area contributed by atoms with Crippen molar-refractivity contribution in [1.82, 2.24) is 14.8 Å². The summed E-state index contributed by atoms with van der Waals surface area (Å²) in [5.41, 5.74) is 1.17. The third-order valence-electron chi connectivity index (χ3n) is 5.00. The van der Waals surface area contributed by atoms with Crippen molar-refractivity contribution in [3.05, 3.63) is 30.1 Å². The van der Waals surface area contributed by atoms with Gasteiger partial charge in [-0.05, 0) is 43.9 Å². The van der Waals surface area contributed by atoms with E-state index in [1.807, 2.05) is 4.90 Å². The van der Waals surface area contributed by atoms with Crippen LogP contribution in [0.15, 0.2) is 24.5 Å². The Morgan fingerprint density at radius 3 is 2.70 bits per heavy atom. The monoisotopic (exact) mass is 271 g/mol. The average Bonchev–Trinajstić information content (AvgIpc) is 3.14. The van der Waals surface area contributed by atoms with Crippen molar-refractivity contribution >= 4 is 5.91 Å². The van der Waals surface area contributed by atoms with E-state index in [2.05, 4.69) is 9.88 Å². The molecule has 1 aromatic rings. The van der Waals surface area contributed by atoms with Crippen LogP contribution in [0.1, 0.15) is 29.6 Å². The Labute approximate surface area is 119 Å². The minimum Gasteiger partial charge on any atom is -0.337 e. The Morgan fingerprint density at radius 2 is 2.00 bits per heavy atom. The summed E-state index contributed by atoms with van der Waals surface area (Å²) in [7, 11) is 0. The third kappa shape index (κ3) is 2.22. The lowest BCUT2D eigenvalue weighted by molar-refractivity contribution is 0.0105. The van der Waals surface area contributed by atoms with Gasteiger partial charge in [0.2, 0.25) is 0 Å². The Morgan fingerprint density at radius 1 is 1.25 bits per heavy atom. The average molecular weight is 271 g/mol. The Balaban J connectivity index is 1.34. The maximum absolute atomic E-state index is 12.3. The Bertz CT molecular complexity index is 506. The summed E-state index contributed by atoms with van der Waals surface area (Å²) in [5.74, 6) is 1.14. The first-order valence-corrected chi connectivity index (χ1v) is 7.66. The first-order chi connectivity index (χ1) is 9.74. The van der Waals surface area contributed by atoms with Crippen LogP contribution in [-0.4, -0.2) is 53.4 Å². The standard InChI is InChI=1S/C16H21N3O/c20-15(14-3-6-17-7-4-14)19-11-16(12-19)5-8-18(10-16)9-13-1-2-13/h3-4,6-7,13H,1-2,5,8-12H2. The van der Waals surface area contributed by atoms with Gasteiger partial charge in [0.05, 0.1) is 0 Å². The summed E-state index contributed by atoms with van der Waals surface area (Å²) >= 11 is 0. The van der Waals surface area contributed by atoms with Crippen LogP contribution >= 0.6 is 0 Å². The lowest BCUT2D eigenvalue weighted by atomic mass is 9.78. The van der Waals surface area contributed by atoms with E-state index in [1.165, 1.54) is 38.9 Å². The molecule has 4 nitrogen and oxygen atoms in total. The molecule has 0 aromatic carbocycles. The summed E-state index contributed by atoms with van der Waals surface area (Å²) < 4.78 is 0. The summed E-state index contributed by atoms with van der Waals surface area (Å²) in [4.78, 5) is 20.9. The van der Waals surface area contributed by atoms with E-state index >= 15 is 0 Å². The van der Waals surface area contributed by atoms with Crippen molar-refractivity contribution in [2.24, 2.45) is 11.3 Å². The number of pyridine rings is 1. The van der Waals surface area contributed by atoms with Gasteiger partial charge in [-0.15, -0.1) is 0 Å². The molecule has 0 unspecified atom stereocenters. The lowest BCUT2D eigenvalue weighted by Gasteiger charge is -2.48. The number of carbonyl (C=O) groups excluding carboxylic acids is 1. The number of likely N-dealkylation sites (tertiary alicyclic amines) is 2. The minimum absolute atomic E-state index is 0.165. The minimum atomic E-state index is 0.165. The van der Waals surface area contributed by atoms with Crippen molar-refractivity contribution in [2.75, 3.05) is 32.7 Å². The molecular weight excluding hydrogens is 250 g/mol. The van der Waals surface area contributed by atoms with Crippen LogP contribution in [0.2, 0.25) is 0 Å². The lowest BCUT2D eigenvalue weighted by Crippen LogP contribution is -2.59. The highest BCUT2D eigenvalue weighted by atomic mass is 16.2. The van der Waals surface area contributed by atoms with Crippen LogP contribution < -0.4 is 0 Å². The molecule has 1 saturated carbocycles. The number of nitrogens with zero attached hydrogens (tertiary/aromatic N) is 3. The number of amides is 1. The van der Waals surface area contributed by atoms with Gasteiger partial charge in [0.1, 0.15) is 0 Å². The van der Waals surface area contributed by atoms with Gasteiger partial charge < -0.3 is 9.80 Å². The molecule has 3 fully saturated rings. The summed E-state index contributed by atoms with van der Waals surface area (Å²) in [6.07, 6.45) is 7.50. The van der Waals surface area contributed by atoms with Gasteiger partial charge >= 0.3 is 0 Å². The molecule has 3 aliphatic rings. The molecule has 20 heavy (non-hydrogen) atoms. The number of carbonyl (C=O) groups is 1. The largest absolute Gasteiger partial charge is 0.337 e. The fraction of sp³-hybridized carbons (Fsp3) is 0.625. The molecule has 0 N–H and O–H groups in total. The van der Waals surface area contributed by atoms with E-state index in [1.54, 1.807) is 24.5 Å². The maximum Gasteiger partial charge on any atom is 0.254 e. The molecule has 2 saturated heterocycles. The van der Waals surface area contributed by atoms with Crippen LogP contribution in [0, 0.1) is 11.3 Å². The van der Waals surface area contributed by atoms with Crippen LogP contribution in [0.4, 0.5) is 0 Å². The number of aromatic nitrogens is 1. The van der Waals surface area contributed by atoms with E-state index in [4.69, 9.17) is 0 Å². The first-order valence-electron chi connectivity index (χ1n) is 7.66. The van der Waals surface area contributed by atoms with E-state index in [0.717, 1.165) is 24.6 Å². The zero-order chi connectivity index (χ0) is 13.6. The molecular formula is C16H21N3O. The topological polar surface area (TPSA) is 36.4 Å². The Kier molecular flexibility index (Phi) is 2.81. The third-order valence-corrected chi connectivity index (χ3v) is 5.00. The molecule has 1 aliphatic carbocycles. The smallest absolute Gasteiger partial charge is 0.254 e. The van der Waals surface area contributed by atoms with E-state index in [0.29, 0.717) is 5.41 Å². The van der Waals surface area contributed by atoms with Crippen LogP contribution in [-0.2, 0) is 0 Å². The first kappa shape index (κ1) is 12.3. The highest BCUT2D eigenvalue weighted by molar-refractivity contribution is 5.94. The van der Waals surface area contributed by atoms with Crippen LogP contribution in [0.3, 0.4) is 0 Å². The highest BCUT2D eigenvalue weighted by Gasteiger charge is 2.49. The predicted molar refractivity (Wildman–Crippen MR) is 76.4 cm³/mol. The molecule has 4 rings (SSSR count). The van der Waals surface area contributed by atoms with E-state index in [-0.39, 0.29) is 5.91 Å². The SMILES string of the molecule is O=C(c1ccncc1)N1CC2(CCN(CC3CC3)C2)C1. The normalized spacial score (nSPS) is 24.9. The van der Waals surface area contributed by atoms with Gasteiger partial charge in [-0.3, -0.25) is 9.78 Å². The van der Waals surface area contributed by atoms with Gasteiger partial charge in [0.25, 0.3) is 5.91 Å².